The molecule has 0 bridgehead atoms. The van der Waals surface area contributed by atoms with Crippen LogP contribution in [0, 0.1) is 0 Å². The molecule has 0 unspecified atom stereocenters. The second-order valence-electron chi connectivity index (χ2n) is 4.92. The van der Waals surface area contributed by atoms with Gasteiger partial charge in [0.15, 0.2) is 0 Å². The zero-order chi connectivity index (χ0) is 14.6. The fraction of sp³-hybridized carbons (Fsp3) is 0.357. The van der Waals surface area contributed by atoms with Crippen molar-refractivity contribution >= 4 is 20.9 Å². The number of nitrogens with one attached hydrogen (secondary N) is 1. The van der Waals surface area contributed by atoms with Crippen molar-refractivity contribution in [1.29, 1.82) is 0 Å². The predicted octanol–water partition coefficient (Wildman–Crippen LogP) is 1.92. The number of benzene rings is 1. The molecule has 1 aromatic heterocycles. The van der Waals surface area contributed by atoms with Crippen LogP contribution in [0.4, 0.5) is 0 Å². The van der Waals surface area contributed by atoms with Crippen molar-refractivity contribution in [2.75, 3.05) is 12.3 Å². The maximum atomic E-state index is 11.6. The SMILES string of the molecule is C=C(C)CS(=O)(=O)NCCCn1cc2ccccc2n1. The molecule has 2 rings (SSSR count). The molecule has 0 saturated heterocycles. The van der Waals surface area contributed by atoms with Gasteiger partial charge in [-0.2, -0.15) is 5.10 Å². The van der Waals surface area contributed by atoms with E-state index in [4.69, 9.17) is 0 Å². The molecule has 1 heterocycles. The molecule has 0 saturated carbocycles. The molecule has 0 fully saturated rings. The third kappa shape index (κ3) is 4.18. The van der Waals surface area contributed by atoms with Gasteiger partial charge in [-0.25, -0.2) is 13.1 Å². The lowest BCUT2D eigenvalue weighted by molar-refractivity contribution is 0.556. The number of sulfonamides is 1. The molecule has 0 radical (unpaired) electrons. The summed E-state index contributed by atoms with van der Waals surface area (Å²) in [4.78, 5) is 0. The zero-order valence-corrected chi connectivity index (χ0v) is 12.4. The largest absolute Gasteiger partial charge is 0.271 e. The van der Waals surface area contributed by atoms with Gasteiger partial charge in [-0.3, -0.25) is 4.68 Å². The minimum Gasteiger partial charge on any atom is -0.271 e. The van der Waals surface area contributed by atoms with Crippen LogP contribution in [-0.2, 0) is 16.6 Å². The topological polar surface area (TPSA) is 64.0 Å². The lowest BCUT2D eigenvalue weighted by Crippen LogP contribution is -2.28. The van der Waals surface area contributed by atoms with E-state index in [0.29, 0.717) is 25.1 Å². The van der Waals surface area contributed by atoms with Crippen LogP contribution in [0.1, 0.15) is 13.3 Å². The van der Waals surface area contributed by atoms with E-state index < -0.39 is 10.0 Å². The first-order chi connectivity index (χ1) is 9.46. The minimum atomic E-state index is -3.24. The molecule has 6 heteroatoms. The summed E-state index contributed by atoms with van der Waals surface area (Å²) in [5.74, 6) is -0.0152. The average Bonchev–Trinajstić information content (AvgIpc) is 2.75. The Hall–Kier alpha value is -1.66. The molecular formula is C14H19N3O2S. The first-order valence-corrected chi connectivity index (χ1v) is 8.15. The quantitative estimate of drug-likeness (QED) is 0.626. The van der Waals surface area contributed by atoms with Crippen molar-refractivity contribution in [1.82, 2.24) is 14.5 Å². The Balaban J connectivity index is 1.83. The number of aromatic nitrogens is 2. The number of hydrogen-bond donors (Lipinski definition) is 1. The molecule has 20 heavy (non-hydrogen) atoms. The Labute approximate surface area is 119 Å². The van der Waals surface area contributed by atoms with Crippen LogP contribution in [0.2, 0.25) is 0 Å². The lowest BCUT2D eigenvalue weighted by atomic mass is 10.3. The summed E-state index contributed by atoms with van der Waals surface area (Å²) in [5, 5.41) is 5.51. The van der Waals surface area contributed by atoms with E-state index >= 15 is 0 Å². The van der Waals surface area contributed by atoms with Gasteiger partial charge < -0.3 is 0 Å². The van der Waals surface area contributed by atoms with Crippen molar-refractivity contribution in [3.8, 4) is 0 Å². The molecule has 0 amide bonds. The highest BCUT2D eigenvalue weighted by molar-refractivity contribution is 7.89. The van der Waals surface area contributed by atoms with Crippen LogP contribution >= 0.6 is 0 Å². The van der Waals surface area contributed by atoms with E-state index in [-0.39, 0.29) is 5.75 Å². The summed E-state index contributed by atoms with van der Waals surface area (Å²) in [7, 11) is -3.24. The Kier molecular flexibility index (Phi) is 4.57. The van der Waals surface area contributed by atoms with E-state index in [1.807, 2.05) is 35.1 Å². The highest BCUT2D eigenvalue weighted by Crippen LogP contribution is 2.10. The molecular weight excluding hydrogens is 274 g/mol. The minimum absolute atomic E-state index is 0.0152. The molecule has 0 aliphatic heterocycles. The molecule has 0 aliphatic rings. The summed E-state index contributed by atoms with van der Waals surface area (Å²) >= 11 is 0. The molecule has 1 N–H and O–H groups in total. The van der Waals surface area contributed by atoms with Crippen LogP contribution in [0.15, 0.2) is 42.6 Å². The van der Waals surface area contributed by atoms with Crippen LogP contribution in [0.25, 0.3) is 10.9 Å². The summed E-state index contributed by atoms with van der Waals surface area (Å²) < 4.78 is 27.6. The summed E-state index contributed by atoms with van der Waals surface area (Å²) in [5.41, 5.74) is 1.59. The first kappa shape index (κ1) is 14.7. The standard InChI is InChI=1S/C14H19N3O2S/c1-12(2)11-20(18,19)15-8-5-9-17-10-13-6-3-4-7-14(13)16-17/h3-4,6-7,10,15H,1,5,8-9,11H2,2H3. The van der Waals surface area contributed by atoms with Crippen molar-refractivity contribution < 1.29 is 8.42 Å². The molecule has 0 aliphatic carbocycles. The first-order valence-electron chi connectivity index (χ1n) is 6.50. The number of fused-ring (bicyclic) bond motifs is 1. The van der Waals surface area contributed by atoms with E-state index in [9.17, 15) is 8.42 Å². The van der Waals surface area contributed by atoms with E-state index in [1.54, 1.807) is 6.92 Å². The van der Waals surface area contributed by atoms with Gasteiger partial charge in [-0.1, -0.05) is 30.4 Å². The van der Waals surface area contributed by atoms with Gasteiger partial charge in [-0.05, 0) is 19.4 Å². The Bertz CT molecular complexity index is 671. The highest BCUT2D eigenvalue weighted by atomic mass is 32.2. The Morgan fingerprint density at radius 1 is 1.40 bits per heavy atom. The average molecular weight is 293 g/mol. The Morgan fingerprint density at radius 3 is 2.85 bits per heavy atom. The van der Waals surface area contributed by atoms with Crippen LogP contribution in [-0.4, -0.2) is 30.5 Å². The van der Waals surface area contributed by atoms with Gasteiger partial charge in [0, 0.05) is 24.7 Å². The summed E-state index contributed by atoms with van der Waals surface area (Å²) in [6.07, 6.45) is 2.67. The maximum absolute atomic E-state index is 11.6. The van der Waals surface area contributed by atoms with E-state index in [1.165, 1.54) is 0 Å². The second-order valence-corrected chi connectivity index (χ2v) is 6.72. The van der Waals surface area contributed by atoms with Gasteiger partial charge >= 0.3 is 0 Å². The summed E-state index contributed by atoms with van der Waals surface area (Å²) in [6.45, 7) is 6.40. The van der Waals surface area contributed by atoms with Crippen molar-refractivity contribution in [3.63, 3.8) is 0 Å². The highest BCUT2D eigenvalue weighted by Gasteiger charge is 2.09. The van der Waals surface area contributed by atoms with Gasteiger partial charge in [0.2, 0.25) is 10.0 Å². The molecule has 1 aromatic carbocycles. The van der Waals surface area contributed by atoms with Gasteiger partial charge in [0.1, 0.15) is 0 Å². The normalized spacial score (nSPS) is 11.8. The number of hydrogen-bond acceptors (Lipinski definition) is 3. The lowest BCUT2D eigenvalue weighted by Gasteiger charge is -2.06. The molecule has 108 valence electrons. The van der Waals surface area contributed by atoms with Gasteiger partial charge in [-0.15, -0.1) is 0 Å². The van der Waals surface area contributed by atoms with Crippen molar-refractivity contribution in [3.05, 3.63) is 42.6 Å². The number of nitrogens with zero attached hydrogens (tertiary/aromatic N) is 2. The zero-order valence-electron chi connectivity index (χ0n) is 11.5. The molecule has 2 aromatic rings. The number of aryl methyl sites for hydroxylation is 1. The fourth-order valence-corrected chi connectivity index (χ4v) is 3.18. The van der Waals surface area contributed by atoms with Crippen LogP contribution in [0.3, 0.4) is 0 Å². The number of rotatable bonds is 7. The van der Waals surface area contributed by atoms with E-state index in [0.717, 1.165) is 10.9 Å². The fourth-order valence-electron chi connectivity index (χ4n) is 1.97. The second kappa shape index (κ2) is 6.19. The van der Waals surface area contributed by atoms with Crippen LogP contribution in [0.5, 0.6) is 0 Å². The summed E-state index contributed by atoms with van der Waals surface area (Å²) in [6, 6.07) is 7.89. The van der Waals surface area contributed by atoms with Crippen LogP contribution < -0.4 is 4.72 Å². The molecule has 0 spiro atoms. The third-order valence-electron chi connectivity index (χ3n) is 2.78. The van der Waals surface area contributed by atoms with Gasteiger partial charge in [0.05, 0.1) is 11.3 Å². The molecule has 0 atom stereocenters. The van der Waals surface area contributed by atoms with Crippen molar-refractivity contribution in [2.45, 2.75) is 19.9 Å². The third-order valence-corrected chi connectivity index (χ3v) is 4.30. The van der Waals surface area contributed by atoms with Gasteiger partial charge in [0.25, 0.3) is 0 Å². The van der Waals surface area contributed by atoms with Crippen molar-refractivity contribution in [2.24, 2.45) is 0 Å². The smallest absolute Gasteiger partial charge is 0.215 e. The molecule has 5 nitrogen and oxygen atoms in total. The monoisotopic (exact) mass is 293 g/mol. The predicted molar refractivity (Wildman–Crippen MR) is 81.0 cm³/mol. The maximum Gasteiger partial charge on any atom is 0.215 e. The Morgan fingerprint density at radius 2 is 2.15 bits per heavy atom. The van der Waals surface area contributed by atoms with E-state index in [2.05, 4.69) is 16.4 Å².